The van der Waals surface area contributed by atoms with Crippen LogP contribution in [0, 0.1) is 10.1 Å². The lowest BCUT2D eigenvalue weighted by molar-refractivity contribution is -0.384. The van der Waals surface area contributed by atoms with Crippen LogP contribution in [0.25, 0.3) is 22.6 Å². The molecule has 1 heterocycles. The first-order valence-corrected chi connectivity index (χ1v) is 10.1. The highest BCUT2D eigenvalue weighted by atomic mass is 16.6. The van der Waals surface area contributed by atoms with Crippen molar-refractivity contribution >= 4 is 11.4 Å². The lowest BCUT2D eigenvalue weighted by atomic mass is 10.0. The minimum atomic E-state index is -0.409. The van der Waals surface area contributed by atoms with Gasteiger partial charge in [-0.05, 0) is 43.0 Å². The second-order valence-electron chi connectivity index (χ2n) is 7.34. The quantitative estimate of drug-likeness (QED) is 0.247. The van der Waals surface area contributed by atoms with Gasteiger partial charge in [0.2, 0.25) is 0 Å². The van der Waals surface area contributed by atoms with Crippen molar-refractivity contribution in [3.05, 3.63) is 106 Å². The molecule has 3 aromatic carbocycles. The molecule has 0 saturated heterocycles. The van der Waals surface area contributed by atoms with Crippen molar-refractivity contribution in [1.29, 1.82) is 0 Å². The number of nitrogen functional groups attached to an aromatic ring is 1. The van der Waals surface area contributed by atoms with Crippen LogP contribution in [0.4, 0.5) is 11.4 Å². The fourth-order valence-electron chi connectivity index (χ4n) is 3.43. The molecule has 0 saturated carbocycles. The van der Waals surface area contributed by atoms with Crippen molar-refractivity contribution in [3.63, 3.8) is 0 Å². The Labute approximate surface area is 180 Å². The predicted octanol–water partition coefficient (Wildman–Crippen LogP) is 5.48. The second kappa shape index (κ2) is 9.17. The third-order valence-electron chi connectivity index (χ3n) is 5.04. The van der Waals surface area contributed by atoms with E-state index in [1.807, 2.05) is 48.5 Å². The number of nitrogens with two attached hydrogens (primary N) is 1. The fraction of sp³-hybridized carbons (Fsp3) is 0.120. The number of rotatable bonds is 7. The van der Waals surface area contributed by atoms with E-state index in [0.29, 0.717) is 17.1 Å². The lowest BCUT2D eigenvalue weighted by Gasteiger charge is -2.09. The number of nitrogens with zero attached hydrogens (tertiary/aromatic N) is 3. The highest BCUT2D eigenvalue weighted by Crippen LogP contribution is 2.26. The van der Waals surface area contributed by atoms with Crippen molar-refractivity contribution in [2.75, 3.05) is 5.73 Å². The van der Waals surface area contributed by atoms with Crippen LogP contribution in [0.2, 0.25) is 0 Å². The average molecular weight is 410 g/mol. The van der Waals surface area contributed by atoms with Gasteiger partial charge in [-0.2, -0.15) is 0 Å². The van der Waals surface area contributed by atoms with E-state index in [0.717, 1.165) is 36.2 Å². The zero-order valence-electron chi connectivity index (χ0n) is 16.9. The smallest absolute Gasteiger partial charge is 0.270 e. The molecule has 2 N–H and O–H groups in total. The highest BCUT2D eigenvalue weighted by molar-refractivity contribution is 5.66. The molecule has 0 aliphatic rings. The molecule has 0 bridgehead atoms. The molecule has 0 atom stereocenters. The Morgan fingerprint density at radius 1 is 0.806 bits per heavy atom. The van der Waals surface area contributed by atoms with Crippen LogP contribution in [0.3, 0.4) is 0 Å². The van der Waals surface area contributed by atoms with E-state index in [9.17, 15) is 10.1 Å². The molecule has 0 radical (unpaired) electrons. The summed E-state index contributed by atoms with van der Waals surface area (Å²) in [6.07, 6.45) is 2.67. The molecular weight excluding hydrogens is 388 g/mol. The number of aromatic nitrogens is 2. The van der Waals surface area contributed by atoms with Gasteiger partial charge in [-0.15, -0.1) is 0 Å². The van der Waals surface area contributed by atoms with E-state index in [2.05, 4.69) is 12.1 Å². The van der Waals surface area contributed by atoms with Gasteiger partial charge in [0.15, 0.2) is 5.82 Å². The standard InChI is InChI=1S/C25H22N4O2/c26-21-14-12-19(13-15-21)24-17-22(10-4-8-18-6-2-1-3-7-18)27-25(28-24)20-9-5-11-23(16-20)29(30)31/h1-3,5-7,9,11-17H,4,8,10,26H2. The Morgan fingerprint density at radius 2 is 1.58 bits per heavy atom. The number of benzene rings is 3. The van der Waals surface area contributed by atoms with Gasteiger partial charge in [0.25, 0.3) is 5.69 Å². The summed E-state index contributed by atoms with van der Waals surface area (Å²) in [6, 6.07) is 26.2. The van der Waals surface area contributed by atoms with Crippen LogP contribution in [-0.2, 0) is 12.8 Å². The summed E-state index contributed by atoms with van der Waals surface area (Å²) in [5, 5.41) is 11.2. The third-order valence-corrected chi connectivity index (χ3v) is 5.04. The maximum absolute atomic E-state index is 11.2. The molecule has 4 aromatic rings. The number of nitro groups is 1. The number of nitro benzene ring substituents is 1. The zero-order valence-corrected chi connectivity index (χ0v) is 16.9. The summed E-state index contributed by atoms with van der Waals surface area (Å²) in [4.78, 5) is 20.2. The third kappa shape index (κ3) is 5.11. The fourth-order valence-corrected chi connectivity index (χ4v) is 3.43. The first-order valence-electron chi connectivity index (χ1n) is 10.1. The molecule has 4 rings (SSSR count). The van der Waals surface area contributed by atoms with E-state index in [1.54, 1.807) is 12.1 Å². The summed E-state index contributed by atoms with van der Waals surface area (Å²) in [6.45, 7) is 0. The molecule has 31 heavy (non-hydrogen) atoms. The van der Waals surface area contributed by atoms with Crippen LogP contribution in [0.1, 0.15) is 17.7 Å². The van der Waals surface area contributed by atoms with Crippen molar-refractivity contribution in [1.82, 2.24) is 9.97 Å². The van der Waals surface area contributed by atoms with Crippen molar-refractivity contribution < 1.29 is 4.92 Å². The molecular formula is C25H22N4O2. The average Bonchev–Trinajstić information content (AvgIpc) is 2.80. The van der Waals surface area contributed by atoms with Crippen LogP contribution in [0.15, 0.2) is 84.9 Å². The van der Waals surface area contributed by atoms with Gasteiger partial charge in [-0.25, -0.2) is 9.97 Å². The molecule has 0 fully saturated rings. The number of anilines is 1. The van der Waals surface area contributed by atoms with E-state index < -0.39 is 4.92 Å². The van der Waals surface area contributed by atoms with E-state index in [1.165, 1.54) is 17.7 Å². The molecule has 0 spiro atoms. The van der Waals surface area contributed by atoms with E-state index >= 15 is 0 Å². The maximum atomic E-state index is 11.2. The summed E-state index contributed by atoms with van der Waals surface area (Å²) in [5.74, 6) is 0.479. The topological polar surface area (TPSA) is 94.9 Å². The second-order valence-corrected chi connectivity index (χ2v) is 7.34. The zero-order chi connectivity index (χ0) is 21.6. The van der Waals surface area contributed by atoms with E-state index in [-0.39, 0.29) is 5.69 Å². The van der Waals surface area contributed by atoms with Crippen LogP contribution in [0.5, 0.6) is 0 Å². The molecule has 0 amide bonds. The number of aryl methyl sites for hydroxylation is 2. The minimum Gasteiger partial charge on any atom is -0.399 e. The Morgan fingerprint density at radius 3 is 2.32 bits per heavy atom. The molecule has 6 nitrogen and oxygen atoms in total. The van der Waals surface area contributed by atoms with Gasteiger partial charge in [0.1, 0.15) is 0 Å². The summed E-state index contributed by atoms with van der Waals surface area (Å²) in [7, 11) is 0. The summed E-state index contributed by atoms with van der Waals surface area (Å²) in [5.41, 5.74) is 11.0. The Bertz CT molecular complexity index is 1190. The normalized spacial score (nSPS) is 10.7. The number of hydrogen-bond donors (Lipinski definition) is 1. The molecule has 0 aliphatic heterocycles. The highest BCUT2D eigenvalue weighted by Gasteiger charge is 2.12. The monoisotopic (exact) mass is 410 g/mol. The first kappa shape index (κ1) is 20.2. The molecule has 0 aliphatic carbocycles. The number of hydrogen-bond acceptors (Lipinski definition) is 5. The van der Waals surface area contributed by atoms with Crippen LogP contribution in [-0.4, -0.2) is 14.9 Å². The van der Waals surface area contributed by atoms with Crippen molar-refractivity contribution in [2.24, 2.45) is 0 Å². The Hall–Kier alpha value is -4.06. The largest absolute Gasteiger partial charge is 0.399 e. The Balaban J connectivity index is 1.67. The number of non-ortho nitro benzene ring substituents is 1. The van der Waals surface area contributed by atoms with E-state index in [4.69, 9.17) is 15.7 Å². The Kier molecular flexibility index (Phi) is 5.98. The van der Waals surface area contributed by atoms with Gasteiger partial charge < -0.3 is 5.73 Å². The van der Waals surface area contributed by atoms with Gasteiger partial charge in [0, 0.05) is 34.6 Å². The van der Waals surface area contributed by atoms with Crippen LogP contribution >= 0.6 is 0 Å². The molecule has 154 valence electrons. The summed E-state index contributed by atoms with van der Waals surface area (Å²) < 4.78 is 0. The molecule has 1 aromatic heterocycles. The maximum Gasteiger partial charge on any atom is 0.270 e. The van der Waals surface area contributed by atoms with Crippen molar-refractivity contribution in [2.45, 2.75) is 19.3 Å². The van der Waals surface area contributed by atoms with Crippen molar-refractivity contribution in [3.8, 4) is 22.6 Å². The molecule has 0 unspecified atom stereocenters. The van der Waals surface area contributed by atoms with Gasteiger partial charge in [-0.1, -0.05) is 54.6 Å². The summed E-state index contributed by atoms with van der Waals surface area (Å²) >= 11 is 0. The van der Waals surface area contributed by atoms with Gasteiger partial charge >= 0.3 is 0 Å². The van der Waals surface area contributed by atoms with Gasteiger partial charge in [0.05, 0.1) is 10.6 Å². The first-order chi connectivity index (χ1) is 15.1. The molecule has 6 heteroatoms. The predicted molar refractivity (Wildman–Crippen MR) is 122 cm³/mol. The lowest BCUT2D eigenvalue weighted by Crippen LogP contribution is -2.00. The van der Waals surface area contributed by atoms with Crippen LogP contribution < -0.4 is 5.73 Å². The minimum absolute atomic E-state index is 0.0182. The SMILES string of the molecule is Nc1ccc(-c2cc(CCCc3ccccc3)nc(-c3cccc([N+](=O)[O-])c3)n2)cc1. The van der Waals surface area contributed by atoms with Gasteiger partial charge in [-0.3, -0.25) is 10.1 Å².